The number of nitrogens with zero attached hydrogens (tertiary/aromatic N) is 15. The number of aromatic nitrogens is 9. The molecule has 0 aliphatic carbocycles. The lowest BCUT2D eigenvalue weighted by molar-refractivity contribution is -0.186. The summed E-state index contributed by atoms with van der Waals surface area (Å²) >= 11 is 3.80. The van der Waals surface area contributed by atoms with Crippen molar-refractivity contribution in [1.29, 1.82) is 0 Å². The third kappa shape index (κ3) is 17.5. The van der Waals surface area contributed by atoms with E-state index in [0.29, 0.717) is 70.7 Å². The van der Waals surface area contributed by atoms with Crippen LogP contribution in [0.5, 0.6) is 0 Å². The molecule has 3 aromatic carbocycles. The SMILES string of the molecule is CC(C)(C)OC(=O)N1CCC2(CC1)CN(Cc1ncc3ccccc3c1-c1cccnc1)c1cnccc12.CC(C)(C)OC(=O)N1CCC2(CC1)CN(Cc1ncc3ccccc3c1Br)c1cnccc12.O=C(N1CCC2(CC1)CN(Cc1ncc3ccccc3c1-c1cccnc1)c1cnccc12)C(F)(F)F.OB(O)c1cccnc1. The van der Waals surface area contributed by atoms with Gasteiger partial charge in [0.1, 0.15) is 11.2 Å². The second-order valence-corrected chi connectivity index (χ2v) is 33.7. The van der Waals surface area contributed by atoms with E-state index in [9.17, 15) is 27.6 Å². The van der Waals surface area contributed by atoms with Crippen LogP contribution in [0.4, 0.5) is 39.8 Å². The zero-order valence-corrected chi connectivity index (χ0v) is 67.8. The van der Waals surface area contributed by atoms with E-state index in [4.69, 9.17) is 34.5 Å². The van der Waals surface area contributed by atoms with Crippen molar-refractivity contribution < 1.29 is 47.1 Å². The van der Waals surface area contributed by atoms with Crippen LogP contribution in [0, 0.1) is 0 Å². The molecule has 3 fully saturated rings. The van der Waals surface area contributed by atoms with Crippen LogP contribution < -0.4 is 20.2 Å². The van der Waals surface area contributed by atoms with Crippen LogP contribution in [0.2, 0.25) is 0 Å². The summed E-state index contributed by atoms with van der Waals surface area (Å²) in [6.07, 6.45) is 26.6. The summed E-state index contributed by atoms with van der Waals surface area (Å²) in [6.45, 7) is 18.7. The van der Waals surface area contributed by atoms with Crippen LogP contribution in [0.1, 0.15) is 114 Å². The molecule has 600 valence electrons. The number of rotatable bonds is 9. The fourth-order valence-corrected chi connectivity index (χ4v) is 18.0. The second-order valence-electron chi connectivity index (χ2n) is 32.9. The topological polar surface area (TPSA) is 246 Å². The zero-order valence-electron chi connectivity index (χ0n) is 66.2. The normalized spacial score (nSPS) is 16.3. The molecule has 0 radical (unpaired) electrons. The van der Waals surface area contributed by atoms with Gasteiger partial charge in [0.15, 0.2) is 0 Å². The predicted molar refractivity (Wildman–Crippen MR) is 450 cm³/mol. The minimum absolute atomic E-state index is 0.0140. The molecule has 2 N–H and O–H groups in total. The number of benzene rings is 3. The van der Waals surface area contributed by atoms with Crippen molar-refractivity contribution in [2.75, 3.05) is 73.6 Å². The van der Waals surface area contributed by atoms with E-state index >= 15 is 0 Å². The van der Waals surface area contributed by atoms with E-state index < -0.39 is 30.4 Å². The number of piperidine rings is 3. The van der Waals surface area contributed by atoms with Gasteiger partial charge >= 0.3 is 31.4 Å². The molecule has 3 saturated heterocycles. The number of likely N-dealkylation sites (tertiary alicyclic amines) is 3. The first kappa shape index (κ1) is 80.6. The first-order valence-corrected chi connectivity index (χ1v) is 40.3. The number of carbonyl (C=O) groups is 3. The van der Waals surface area contributed by atoms with E-state index in [1.807, 2.05) is 168 Å². The summed E-state index contributed by atoms with van der Waals surface area (Å²) in [5, 5.41) is 23.8. The molecule has 0 atom stereocenters. The minimum Gasteiger partial charge on any atom is -0.444 e. The quantitative estimate of drug-likeness (QED) is 0.128. The van der Waals surface area contributed by atoms with Crippen LogP contribution >= 0.6 is 15.9 Å². The first-order chi connectivity index (χ1) is 56.2. The Kier molecular flexibility index (Phi) is 23.1. The van der Waals surface area contributed by atoms with Gasteiger partial charge in [0, 0.05) is 198 Å². The van der Waals surface area contributed by atoms with Crippen molar-refractivity contribution in [3.05, 3.63) is 259 Å². The monoisotopic (exact) mass is 1640 g/mol. The molecule has 6 aliphatic heterocycles. The lowest BCUT2D eigenvalue weighted by Gasteiger charge is -2.40. The summed E-state index contributed by atoms with van der Waals surface area (Å²) in [5.74, 6) is -1.76. The molecule has 18 rings (SSSR count). The highest BCUT2D eigenvalue weighted by atomic mass is 79.9. The van der Waals surface area contributed by atoms with Crippen LogP contribution in [0.15, 0.2) is 225 Å². The number of carbonyl (C=O) groups excluding carboxylic acids is 3. The summed E-state index contributed by atoms with van der Waals surface area (Å²) in [6, 6.07) is 42.3. The number of hydrogen-bond donors (Lipinski definition) is 2. The number of hydrogen-bond acceptors (Lipinski definition) is 19. The predicted octanol–water partition coefficient (Wildman–Crippen LogP) is 15.6. The minimum atomic E-state index is -4.85. The maximum absolute atomic E-state index is 13.0. The largest absolute Gasteiger partial charge is 0.490 e. The fraction of sp³-hybridized carbons (Fsp3) is 0.333. The number of alkyl halides is 3. The Hall–Kier alpha value is -11.5. The fourth-order valence-electron chi connectivity index (χ4n) is 17.4. The van der Waals surface area contributed by atoms with E-state index in [1.165, 1.54) is 33.8 Å². The van der Waals surface area contributed by atoms with Gasteiger partial charge < -0.3 is 48.9 Å². The van der Waals surface area contributed by atoms with Gasteiger partial charge in [0.25, 0.3) is 0 Å². The highest BCUT2D eigenvalue weighted by molar-refractivity contribution is 9.10. The molecule has 27 heteroatoms. The smallest absolute Gasteiger partial charge is 0.444 e. The average molecular weight is 1640 g/mol. The van der Waals surface area contributed by atoms with Crippen molar-refractivity contribution in [2.45, 2.75) is 133 Å². The molecule has 9 aromatic heterocycles. The third-order valence-electron chi connectivity index (χ3n) is 23.1. The van der Waals surface area contributed by atoms with E-state index in [0.717, 1.165) is 126 Å². The Labute approximate surface area is 686 Å². The van der Waals surface area contributed by atoms with Crippen molar-refractivity contribution in [3.63, 3.8) is 0 Å². The molecule has 6 aliphatic rings. The Balaban J connectivity index is 0.000000130. The Morgan fingerprint density at radius 2 is 0.761 bits per heavy atom. The molecule has 0 unspecified atom stereocenters. The number of anilines is 3. The maximum atomic E-state index is 13.0. The lowest BCUT2D eigenvalue weighted by atomic mass is 9.74. The Bertz CT molecular complexity index is 5570. The maximum Gasteiger partial charge on any atom is 0.490 e. The lowest BCUT2D eigenvalue weighted by Crippen LogP contribution is -2.50. The molecular formula is C90H92BBrF3N15O7. The molecule has 117 heavy (non-hydrogen) atoms. The first-order valence-electron chi connectivity index (χ1n) is 39.5. The molecule has 12 aromatic rings. The third-order valence-corrected chi connectivity index (χ3v) is 24.0. The summed E-state index contributed by atoms with van der Waals surface area (Å²) in [5.41, 5.74) is 13.2. The summed E-state index contributed by atoms with van der Waals surface area (Å²) < 4.78 is 51.3. The number of amides is 3. The Morgan fingerprint density at radius 1 is 0.419 bits per heavy atom. The van der Waals surface area contributed by atoms with Gasteiger partial charge in [-0.15, -0.1) is 0 Å². The summed E-state index contributed by atoms with van der Waals surface area (Å²) in [7, 11) is -1.40. The molecule has 3 spiro atoms. The van der Waals surface area contributed by atoms with Gasteiger partial charge in [-0.2, -0.15) is 13.2 Å². The van der Waals surface area contributed by atoms with Crippen molar-refractivity contribution in [3.8, 4) is 22.3 Å². The molecule has 22 nitrogen and oxygen atoms in total. The van der Waals surface area contributed by atoms with Gasteiger partial charge in [0.2, 0.25) is 0 Å². The van der Waals surface area contributed by atoms with Crippen molar-refractivity contribution in [1.82, 2.24) is 59.6 Å². The van der Waals surface area contributed by atoms with Crippen LogP contribution in [0.3, 0.4) is 0 Å². The van der Waals surface area contributed by atoms with Crippen molar-refractivity contribution in [2.24, 2.45) is 0 Å². The number of fused-ring (bicyclic) bond motifs is 9. The van der Waals surface area contributed by atoms with Gasteiger partial charge in [-0.3, -0.25) is 49.7 Å². The van der Waals surface area contributed by atoms with Gasteiger partial charge in [-0.25, -0.2) is 9.59 Å². The average Bonchev–Trinajstić information content (AvgIpc) is 1.61. The molecule has 0 saturated carbocycles. The molecule has 0 bridgehead atoms. The second kappa shape index (κ2) is 33.6. The van der Waals surface area contributed by atoms with Gasteiger partial charge in [-0.05, 0) is 165 Å². The molecule has 15 heterocycles. The zero-order chi connectivity index (χ0) is 81.9. The number of halogens is 4. The van der Waals surface area contributed by atoms with E-state index in [-0.39, 0.29) is 41.5 Å². The highest BCUT2D eigenvalue weighted by Crippen LogP contribution is 2.52. The molecular weight excluding hydrogens is 1550 g/mol. The van der Waals surface area contributed by atoms with Gasteiger partial charge in [0.05, 0.1) is 72.4 Å². The van der Waals surface area contributed by atoms with Crippen molar-refractivity contribution >= 4 is 96.0 Å². The van der Waals surface area contributed by atoms with E-state index in [1.54, 1.807) is 36.9 Å². The van der Waals surface area contributed by atoms with Gasteiger partial charge in [-0.1, -0.05) is 91.0 Å². The number of pyridine rings is 9. The van der Waals surface area contributed by atoms with Crippen LogP contribution in [0.25, 0.3) is 54.6 Å². The van der Waals surface area contributed by atoms with E-state index in [2.05, 4.69) is 121 Å². The van der Waals surface area contributed by atoms with Crippen LogP contribution in [-0.4, -0.2) is 171 Å². The molecule has 3 amide bonds. The highest BCUT2D eigenvalue weighted by Gasteiger charge is 2.51. The Morgan fingerprint density at radius 3 is 1.11 bits per heavy atom. The number of ether oxygens (including phenoxy) is 2. The standard InChI is InChI=1S/C31H33N5O2.C28H24F3N5O.C26H29BrN4O2.C5H6BNO2/c1-30(2,3)38-29(37)35-15-11-31(12-16-35)21-36(27-19-33-14-10-25(27)31)20-26-28(23-8-6-13-32-17-23)24-9-5-4-7-22(24)18-34-26;29-28(30,31)26(37)35-12-8-27(9-13-35)18-36(24-16-33-11-7-22(24)27)17-23-25(20-5-3-10-32-14-20)21-6-2-1-4-19(21)15-34-23;1-25(2,3)33-24(32)30-12-9-26(10-13-30)17-31(22-15-28-11-8-20(22)26)16-21-23(27)19-7-5-4-6-18(19)14-29-21;8-6(9)5-2-1-3-7-4-5/h4-10,13-14,17-19H,11-12,15-16,20-21H2,1-3H3;1-7,10-11,14-16H,8-9,12-13,17-18H2;4-8,11,14-15H,9-10,12-13,16-17H2,1-3H3;1-4,8-9H. The van der Waals surface area contributed by atoms with Crippen LogP contribution in [-0.2, 0) is 50.1 Å². The summed E-state index contributed by atoms with van der Waals surface area (Å²) in [4.78, 5) is 89.0.